The number of hydrogen-bond acceptors (Lipinski definition) is 5. The molecule has 0 saturated carbocycles. The molecule has 0 bridgehead atoms. The van der Waals surface area contributed by atoms with E-state index >= 15 is 0 Å². The molecule has 1 aliphatic heterocycles. The summed E-state index contributed by atoms with van der Waals surface area (Å²) in [5.74, 6) is 0.309. The fourth-order valence-electron chi connectivity index (χ4n) is 1.93. The molecule has 96 valence electrons. The summed E-state index contributed by atoms with van der Waals surface area (Å²) >= 11 is 0. The minimum atomic E-state index is -1.04. The van der Waals surface area contributed by atoms with Gasteiger partial charge in [0.05, 0.1) is 6.10 Å². The van der Waals surface area contributed by atoms with Crippen LogP contribution in [0.4, 0.5) is 0 Å². The maximum atomic E-state index is 10.7. The molecule has 0 spiro atoms. The Morgan fingerprint density at radius 1 is 1.67 bits per heavy atom. The summed E-state index contributed by atoms with van der Waals surface area (Å²) in [6, 6.07) is 5.35. The van der Waals surface area contributed by atoms with Crippen molar-refractivity contribution in [2.24, 2.45) is 5.73 Å². The van der Waals surface area contributed by atoms with Crippen LogP contribution in [0.5, 0.6) is 5.75 Å². The number of nitrogens with one attached hydrogen (secondary N) is 1. The number of benzene rings is 1. The van der Waals surface area contributed by atoms with Crippen LogP contribution in [0.15, 0.2) is 18.2 Å². The van der Waals surface area contributed by atoms with Gasteiger partial charge in [-0.15, -0.1) is 0 Å². The molecular formula is C11H15BN2O4. The van der Waals surface area contributed by atoms with Crippen molar-refractivity contribution in [2.75, 3.05) is 13.3 Å². The van der Waals surface area contributed by atoms with Gasteiger partial charge in [0.1, 0.15) is 5.75 Å². The van der Waals surface area contributed by atoms with Gasteiger partial charge in [-0.05, 0) is 11.6 Å². The third-order valence-electron chi connectivity index (χ3n) is 2.75. The van der Waals surface area contributed by atoms with E-state index in [1.807, 2.05) is 6.07 Å². The Morgan fingerprint density at radius 2 is 2.44 bits per heavy atom. The van der Waals surface area contributed by atoms with Gasteiger partial charge in [-0.25, -0.2) is 0 Å². The highest BCUT2D eigenvalue weighted by molar-refractivity contribution is 6.62. The predicted molar refractivity (Wildman–Crippen MR) is 66.2 cm³/mol. The second-order valence-corrected chi connectivity index (χ2v) is 3.99. The molecule has 1 amide bonds. The Hall–Kier alpha value is -1.57. The molecule has 7 heteroatoms. The summed E-state index contributed by atoms with van der Waals surface area (Å²) in [4.78, 5) is 10.7. The van der Waals surface area contributed by atoms with Crippen LogP contribution in [0.1, 0.15) is 18.6 Å². The smallest absolute Gasteiger partial charge is 0.474 e. The highest BCUT2D eigenvalue weighted by Crippen LogP contribution is 2.26. The van der Waals surface area contributed by atoms with Gasteiger partial charge in [0.15, 0.2) is 6.73 Å². The number of rotatable bonds is 4. The first-order valence-corrected chi connectivity index (χ1v) is 5.67. The molecule has 1 atom stereocenters. The van der Waals surface area contributed by atoms with Crippen LogP contribution < -0.4 is 21.3 Å². The molecule has 6 nitrogen and oxygen atoms in total. The summed E-state index contributed by atoms with van der Waals surface area (Å²) in [5.41, 5.74) is 6.97. The fourth-order valence-corrected chi connectivity index (χ4v) is 1.93. The molecule has 1 aromatic carbocycles. The van der Waals surface area contributed by atoms with Gasteiger partial charge in [0.25, 0.3) is 0 Å². The Morgan fingerprint density at radius 3 is 3.11 bits per heavy atom. The zero-order valence-corrected chi connectivity index (χ0v) is 10.1. The predicted octanol–water partition coefficient (Wildman–Crippen LogP) is -1.12. The largest absolute Gasteiger partial charge is 0.495 e. The van der Waals surface area contributed by atoms with Crippen molar-refractivity contribution < 1.29 is 19.2 Å². The lowest BCUT2D eigenvalue weighted by Crippen LogP contribution is -2.32. The Balaban J connectivity index is 2.17. The van der Waals surface area contributed by atoms with Crippen molar-refractivity contribution in [3.8, 4) is 5.75 Å². The summed E-state index contributed by atoms with van der Waals surface area (Å²) in [6.45, 7) is 1.74. The number of carbonyl (C=O) groups excluding carboxylic acids is 1. The third-order valence-corrected chi connectivity index (χ3v) is 2.75. The highest BCUT2D eigenvalue weighted by atomic mass is 16.5. The number of fused-ring (bicyclic) bond motifs is 1. The maximum Gasteiger partial charge on any atom is 0.495 e. The Bertz CT molecular complexity index is 455. The minimum absolute atomic E-state index is 0.0474. The van der Waals surface area contributed by atoms with Crippen molar-refractivity contribution in [1.82, 2.24) is 5.32 Å². The number of hydrogen-bond donors (Lipinski definition) is 3. The van der Waals surface area contributed by atoms with Crippen LogP contribution in [0.3, 0.4) is 0 Å². The van der Waals surface area contributed by atoms with Crippen molar-refractivity contribution in [3.63, 3.8) is 0 Å². The van der Waals surface area contributed by atoms with Gasteiger partial charge in [0.2, 0.25) is 5.91 Å². The molecule has 0 radical (unpaired) electrons. The summed E-state index contributed by atoms with van der Waals surface area (Å²) in [6.07, 6.45) is -0.320. The second-order valence-electron chi connectivity index (χ2n) is 3.99. The van der Waals surface area contributed by atoms with E-state index in [2.05, 4.69) is 5.32 Å². The SMILES string of the molecule is CC(=O)NCOc1cccc2c1B(O)OC2CN. The zero-order valence-electron chi connectivity index (χ0n) is 10.1. The van der Waals surface area contributed by atoms with Gasteiger partial charge in [-0.1, -0.05) is 12.1 Å². The van der Waals surface area contributed by atoms with Crippen LogP contribution in [0.2, 0.25) is 0 Å². The van der Waals surface area contributed by atoms with Gasteiger partial charge in [-0.2, -0.15) is 0 Å². The highest BCUT2D eigenvalue weighted by Gasteiger charge is 2.37. The van der Waals surface area contributed by atoms with Gasteiger partial charge < -0.3 is 25.5 Å². The number of amides is 1. The van der Waals surface area contributed by atoms with E-state index in [1.54, 1.807) is 12.1 Å². The van der Waals surface area contributed by atoms with E-state index in [0.29, 0.717) is 17.8 Å². The molecule has 0 aromatic heterocycles. The summed E-state index contributed by atoms with van der Waals surface area (Å²) in [5, 5.41) is 12.3. The van der Waals surface area contributed by atoms with Crippen molar-refractivity contribution in [2.45, 2.75) is 13.0 Å². The van der Waals surface area contributed by atoms with E-state index in [-0.39, 0.29) is 18.7 Å². The molecule has 0 aliphatic carbocycles. The van der Waals surface area contributed by atoms with Gasteiger partial charge in [0, 0.05) is 18.9 Å². The van der Waals surface area contributed by atoms with E-state index in [4.69, 9.17) is 15.1 Å². The topological polar surface area (TPSA) is 93.8 Å². The monoisotopic (exact) mass is 250 g/mol. The Kier molecular flexibility index (Phi) is 3.85. The first kappa shape index (κ1) is 12.9. The molecule has 0 saturated heterocycles. The van der Waals surface area contributed by atoms with Crippen LogP contribution in [0.25, 0.3) is 0 Å². The Labute approximate surface area is 105 Å². The minimum Gasteiger partial charge on any atom is -0.474 e. The molecule has 2 rings (SSSR count). The van der Waals surface area contributed by atoms with Crippen LogP contribution in [-0.2, 0) is 9.45 Å². The standard InChI is InChI=1S/C11H15BN2O4/c1-7(15)14-6-17-9-4-2-3-8-10(5-13)18-12(16)11(8)9/h2-4,10,16H,5-6,13H2,1H3,(H,14,15). The van der Waals surface area contributed by atoms with Crippen molar-refractivity contribution in [1.29, 1.82) is 0 Å². The summed E-state index contributed by atoms with van der Waals surface area (Å²) < 4.78 is 10.7. The number of carbonyl (C=O) groups is 1. The van der Waals surface area contributed by atoms with E-state index in [0.717, 1.165) is 5.56 Å². The van der Waals surface area contributed by atoms with Crippen molar-refractivity contribution in [3.05, 3.63) is 23.8 Å². The quantitative estimate of drug-likeness (QED) is 0.464. The molecular weight excluding hydrogens is 235 g/mol. The average molecular weight is 250 g/mol. The molecule has 0 fully saturated rings. The van der Waals surface area contributed by atoms with E-state index in [9.17, 15) is 9.82 Å². The van der Waals surface area contributed by atoms with Crippen LogP contribution >= 0.6 is 0 Å². The van der Waals surface area contributed by atoms with E-state index < -0.39 is 7.12 Å². The lowest BCUT2D eigenvalue weighted by atomic mass is 9.78. The maximum absolute atomic E-state index is 10.7. The third kappa shape index (κ3) is 2.48. The number of ether oxygens (including phenoxy) is 1. The molecule has 1 unspecified atom stereocenters. The van der Waals surface area contributed by atoms with Crippen LogP contribution in [0, 0.1) is 0 Å². The normalized spacial score (nSPS) is 17.5. The first-order valence-electron chi connectivity index (χ1n) is 5.67. The molecule has 4 N–H and O–H groups in total. The molecule has 1 heterocycles. The van der Waals surface area contributed by atoms with Crippen molar-refractivity contribution >= 4 is 18.5 Å². The fraction of sp³-hybridized carbons (Fsp3) is 0.364. The molecule has 1 aliphatic rings. The lowest BCUT2D eigenvalue weighted by Gasteiger charge is -2.11. The van der Waals surface area contributed by atoms with Crippen LogP contribution in [-0.4, -0.2) is 31.3 Å². The molecule has 1 aromatic rings. The molecule has 18 heavy (non-hydrogen) atoms. The second kappa shape index (κ2) is 5.39. The van der Waals surface area contributed by atoms with Gasteiger partial charge >= 0.3 is 7.12 Å². The zero-order chi connectivity index (χ0) is 13.1. The average Bonchev–Trinajstić information content (AvgIpc) is 2.67. The van der Waals surface area contributed by atoms with E-state index in [1.165, 1.54) is 6.92 Å². The van der Waals surface area contributed by atoms with Gasteiger partial charge in [-0.3, -0.25) is 4.79 Å². The lowest BCUT2D eigenvalue weighted by molar-refractivity contribution is -0.119. The summed E-state index contributed by atoms with van der Waals surface area (Å²) in [7, 11) is -1.04. The number of nitrogens with two attached hydrogens (primary N) is 1. The first-order chi connectivity index (χ1) is 8.63.